The molecule has 0 radical (unpaired) electrons. The first-order chi connectivity index (χ1) is 10.4. The summed E-state index contributed by atoms with van der Waals surface area (Å²) < 4.78 is 18.1. The van der Waals surface area contributed by atoms with Crippen LogP contribution >= 0.6 is 0 Å². The summed E-state index contributed by atoms with van der Waals surface area (Å²) in [5.41, 5.74) is 0.597. The van der Waals surface area contributed by atoms with E-state index in [1.54, 1.807) is 12.2 Å². The van der Waals surface area contributed by atoms with Crippen LogP contribution in [0.5, 0.6) is 0 Å². The molecule has 0 aliphatic heterocycles. The van der Waals surface area contributed by atoms with Gasteiger partial charge in [-0.05, 0) is 30.6 Å². The Morgan fingerprint density at radius 2 is 2.05 bits per heavy atom. The third kappa shape index (κ3) is 9.29. The van der Waals surface area contributed by atoms with Gasteiger partial charge in [0.05, 0.1) is 13.0 Å². The van der Waals surface area contributed by atoms with E-state index in [-0.39, 0.29) is 23.8 Å². The molecule has 0 bridgehead atoms. The number of allylic oxidation sites excluding steroid dienone is 6. The van der Waals surface area contributed by atoms with Gasteiger partial charge in [0.15, 0.2) is 0 Å². The first-order valence-electron chi connectivity index (χ1n) is 7.66. The molecule has 0 amide bonds. The number of ether oxygens (including phenoxy) is 1. The Balaban J connectivity index is 4.45. The maximum atomic E-state index is 13.4. The Kier molecular flexibility index (Phi) is 11.0. The molecule has 0 rings (SSSR count). The summed E-state index contributed by atoms with van der Waals surface area (Å²) in [6.45, 7) is 10.1. The molecular formula is C18H28FNO2. The minimum Gasteiger partial charge on any atom is -0.469 e. The van der Waals surface area contributed by atoms with Crippen molar-refractivity contribution in [2.45, 2.75) is 39.7 Å². The second-order valence-electron chi connectivity index (χ2n) is 5.12. The number of nitrogens with one attached hydrogen (secondary N) is 1. The zero-order valence-corrected chi connectivity index (χ0v) is 14.1. The van der Waals surface area contributed by atoms with Gasteiger partial charge in [-0.2, -0.15) is 0 Å². The first kappa shape index (κ1) is 20.3. The summed E-state index contributed by atoms with van der Waals surface area (Å²) in [6, 6.07) is 0.103. The van der Waals surface area contributed by atoms with Crippen molar-refractivity contribution in [3.63, 3.8) is 0 Å². The number of hydrogen-bond acceptors (Lipinski definition) is 3. The van der Waals surface area contributed by atoms with Crippen molar-refractivity contribution in [3.8, 4) is 0 Å². The second kappa shape index (κ2) is 11.9. The maximum Gasteiger partial charge on any atom is 0.309 e. The van der Waals surface area contributed by atoms with Crippen LogP contribution in [0.4, 0.5) is 4.39 Å². The quantitative estimate of drug-likeness (QED) is 0.488. The molecule has 0 aromatic heterocycles. The number of methoxy groups -OCH3 is 1. The van der Waals surface area contributed by atoms with Gasteiger partial charge in [0.2, 0.25) is 0 Å². The van der Waals surface area contributed by atoms with Gasteiger partial charge in [0.25, 0.3) is 0 Å². The monoisotopic (exact) mass is 309 g/mol. The van der Waals surface area contributed by atoms with E-state index in [9.17, 15) is 9.18 Å². The molecule has 0 fully saturated rings. The molecule has 0 aliphatic rings. The van der Waals surface area contributed by atoms with Gasteiger partial charge in [-0.15, -0.1) is 0 Å². The highest BCUT2D eigenvalue weighted by molar-refractivity contribution is 5.72. The Labute approximate surface area is 133 Å². The lowest BCUT2D eigenvalue weighted by Crippen LogP contribution is -2.33. The van der Waals surface area contributed by atoms with Gasteiger partial charge >= 0.3 is 5.97 Å². The fourth-order valence-electron chi connectivity index (χ4n) is 1.70. The van der Waals surface area contributed by atoms with Gasteiger partial charge in [0.1, 0.15) is 5.83 Å². The lowest BCUT2D eigenvalue weighted by atomic mass is 10.1. The lowest BCUT2D eigenvalue weighted by molar-refractivity contribution is -0.144. The van der Waals surface area contributed by atoms with Crippen molar-refractivity contribution in [3.05, 3.63) is 48.4 Å². The van der Waals surface area contributed by atoms with Crippen molar-refractivity contribution in [2.75, 3.05) is 13.7 Å². The molecule has 2 atom stereocenters. The minimum absolute atomic E-state index is 0.103. The average Bonchev–Trinajstić information content (AvgIpc) is 2.51. The maximum absolute atomic E-state index is 13.4. The Morgan fingerprint density at radius 1 is 1.36 bits per heavy atom. The van der Waals surface area contributed by atoms with E-state index in [1.807, 2.05) is 26.8 Å². The third-order valence-corrected chi connectivity index (χ3v) is 3.11. The van der Waals surface area contributed by atoms with Crippen molar-refractivity contribution < 1.29 is 13.9 Å². The van der Waals surface area contributed by atoms with E-state index in [1.165, 1.54) is 19.3 Å². The largest absolute Gasteiger partial charge is 0.469 e. The van der Waals surface area contributed by atoms with E-state index in [4.69, 9.17) is 0 Å². The molecule has 2 unspecified atom stereocenters. The van der Waals surface area contributed by atoms with Crippen LogP contribution in [0.2, 0.25) is 0 Å². The van der Waals surface area contributed by atoms with E-state index < -0.39 is 0 Å². The molecule has 124 valence electrons. The summed E-state index contributed by atoms with van der Waals surface area (Å²) in [5, 5.41) is 3.27. The van der Waals surface area contributed by atoms with Crippen LogP contribution < -0.4 is 5.32 Å². The number of halogens is 1. The highest BCUT2D eigenvalue weighted by atomic mass is 19.1. The smallest absolute Gasteiger partial charge is 0.309 e. The van der Waals surface area contributed by atoms with Crippen LogP contribution in [-0.2, 0) is 9.53 Å². The molecule has 0 aromatic carbocycles. The summed E-state index contributed by atoms with van der Waals surface area (Å²) in [7, 11) is 1.38. The van der Waals surface area contributed by atoms with Gasteiger partial charge in [0, 0.05) is 12.6 Å². The molecule has 0 heterocycles. The molecule has 0 spiro atoms. The van der Waals surface area contributed by atoms with Crippen LogP contribution in [0.25, 0.3) is 0 Å². The molecule has 0 saturated carbocycles. The number of carbonyl (C=O) groups excluding carboxylic acids is 1. The first-order valence-corrected chi connectivity index (χ1v) is 7.66. The summed E-state index contributed by atoms with van der Waals surface area (Å²) >= 11 is 0. The third-order valence-electron chi connectivity index (χ3n) is 3.11. The predicted molar refractivity (Wildman–Crippen MR) is 90.2 cm³/mol. The fraction of sp³-hybridized carbons (Fsp3) is 0.500. The molecule has 3 nitrogen and oxygen atoms in total. The van der Waals surface area contributed by atoms with Gasteiger partial charge in [-0.25, -0.2) is 4.39 Å². The molecule has 4 heteroatoms. The lowest BCUT2D eigenvalue weighted by Gasteiger charge is -2.16. The summed E-state index contributed by atoms with van der Waals surface area (Å²) in [5.74, 6) is -0.743. The number of hydrogen-bond donors (Lipinski definition) is 1. The zero-order valence-electron chi connectivity index (χ0n) is 14.1. The van der Waals surface area contributed by atoms with E-state index in [0.717, 1.165) is 12.8 Å². The van der Waals surface area contributed by atoms with Crippen molar-refractivity contribution in [1.82, 2.24) is 5.32 Å². The Morgan fingerprint density at radius 3 is 2.59 bits per heavy atom. The van der Waals surface area contributed by atoms with E-state index >= 15 is 0 Å². The SMILES string of the molecule is C=C(/C=C\C(CC)NCC(C)C(=O)OC)/C=C(F)\C=C/CC. The van der Waals surface area contributed by atoms with Crippen LogP contribution in [0, 0.1) is 5.92 Å². The summed E-state index contributed by atoms with van der Waals surface area (Å²) in [4.78, 5) is 11.3. The Hall–Kier alpha value is -1.68. The normalized spacial score (nSPS) is 15.2. The number of rotatable bonds is 10. The van der Waals surface area contributed by atoms with Crippen LogP contribution in [0.1, 0.15) is 33.6 Å². The fourth-order valence-corrected chi connectivity index (χ4v) is 1.70. The number of carbonyl (C=O) groups is 1. The standard InChI is InChI=1S/C18H28FNO2/c1-6-8-9-16(19)12-14(3)10-11-17(7-2)20-13-15(4)18(21)22-5/h8-12,15,17,20H,3,6-7,13H2,1-2,4-5H3/b9-8-,11-10-,16-12+. The molecular weight excluding hydrogens is 281 g/mol. The van der Waals surface area contributed by atoms with Crippen LogP contribution in [-0.4, -0.2) is 25.7 Å². The van der Waals surface area contributed by atoms with Crippen LogP contribution in [0.3, 0.4) is 0 Å². The molecule has 0 aliphatic carbocycles. The van der Waals surface area contributed by atoms with E-state index in [0.29, 0.717) is 12.1 Å². The van der Waals surface area contributed by atoms with Crippen molar-refractivity contribution in [2.24, 2.45) is 5.92 Å². The van der Waals surface area contributed by atoms with Gasteiger partial charge in [-0.3, -0.25) is 4.79 Å². The number of esters is 1. The molecule has 22 heavy (non-hydrogen) atoms. The van der Waals surface area contributed by atoms with Gasteiger partial charge < -0.3 is 10.1 Å². The second-order valence-corrected chi connectivity index (χ2v) is 5.12. The zero-order chi connectivity index (χ0) is 17.0. The van der Waals surface area contributed by atoms with Crippen LogP contribution in [0.15, 0.2) is 48.4 Å². The highest BCUT2D eigenvalue weighted by Crippen LogP contribution is 2.07. The Bertz CT molecular complexity index is 438. The summed E-state index contributed by atoms with van der Waals surface area (Å²) in [6.07, 6.45) is 9.96. The minimum atomic E-state index is -0.308. The topological polar surface area (TPSA) is 38.3 Å². The van der Waals surface area contributed by atoms with E-state index in [2.05, 4.69) is 16.6 Å². The van der Waals surface area contributed by atoms with Gasteiger partial charge in [-0.1, -0.05) is 45.6 Å². The molecule has 1 N–H and O–H groups in total. The molecule has 0 saturated heterocycles. The van der Waals surface area contributed by atoms with Crippen molar-refractivity contribution >= 4 is 5.97 Å². The average molecular weight is 309 g/mol. The van der Waals surface area contributed by atoms with Crippen molar-refractivity contribution in [1.29, 1.82) is 0 Å². The molecule has 0 aromatic rings. The highest BCUT2D eigenvalue weighted by Gasteiger charge is 2.13. The predicted octanol–water partition coefficient (Wildman–Crippen LogP) is 4.10.